The molecule has 0 spiro atoms. The van der Waals surface area contributed by atoms with Crippen LogP contribution in [0.2, 0.25) is 25.2 Å². The highest BCUT2D eigenvalue weighted by atomic mass is 35.5. The molecule has 0 fully saturated rings. The van der Waals surface area contributed by atoms with Gasteiger partial charge in [-0.2, -0.15) is 0 Å². The van der Waals surface area contributed by atoms with Crippen LogP contribution in [0.1, 0.15) is 22.4 Å². The number of amides is 1. The van der Waals surface area contributed by atoms with Gasteiger partial charge in [0.25, 0.3) is 0 Å². The number of carbonyl (C=O) groups excluding carboxylic acids is 1. The molecular formula is C27H21Cl5N4O. The lowest BCUT2D eigenvalue weighted by Crippen LogP contribution is -2.34. The largest absolute Gasteiger partial charge is 0.333 e. The predicted molar refractivity (Wildman–Crippen MR) is 153 cm³/mol. The average molecular weight is 595 g/mol. The van der Waals surface area contributed by atoms with Gasteiger partial charge in [-0.3, -0.25) is 9.47 Å². The van der Waals surface area contributed by atoms with Crippen LogP contribution in [0.4, 0.5) is 4.79 Å². The summed E-state index contributed by atoms with van der Waals surface area (Å²) in [4.78, 5) is 19.7. The monoisotopic (exact) mass is 592 g/mol. The maximum absolute atomic E-state index is 13.4. The first-order valence-corrected chi connectivity index (χ1v) is 13.4. The average Bonchev–Trinajstić information content (AvgIpc) is 3.17. The van der Waals surface area contributed by atoms with Crippen LogP contribution in [0.15, 0.2) is 54.7 Å². The maximum atomic E-state index is 13.4. The second-order valence-corrected chi connectivity index (χ2v) is 10.8. The van der Waals surface area contributed by atoms with E-state index >= 15 is 0 Å². The van der Waals surface area contributed by atoms with Gasteiger partial charge in [-0.15, -0.1) is 0 Å². The molecule has 3 heterocycles. The molecule has 37 heavy (non-hydrogen) atoms. The van der Waals surface area contributed by atoms with Gasteiger partial charge in [0.2, 0.25) is 0 Å². The number of fused-ring (bicyclic) bond motifs is 3. The summed E-state index contributed by atoms with van der Waals surface area (Å²) >= 11 is 30.9. The maximum Gasteiger partial charge on any atom is 0.326 e. The smallest absolute Gasteiger partial charge is 0.326 e. The summed E-state index contributed by atoms with van der Waals surface area (Å²) in [6.07, 6.45) is 6.44. The van der Waals surface area contributed by atoms with E-state index in [1.807, 2.05) is 30.3 Å². The molecular weight excluding hydrogens is 574 g/mol. The zero-order valence-corrected chi connectivity index (χ0v) is 23.2. The Morgan fingerprint density at radius 2 is 1.76 bits per heavy atom. The van der Waals surface area contributed by atoms with Gasteiger partial charge in [0.05, 0.1) is 25.6 Å². The van der Waals surface area contributed by atoms with Crippen molar-refractivity contribution >= 4 is 81.0 Å². The molecule has 190 valence electrons. The molecule has 1 aliphatic rings. The van der Waals surface area contributed by atoms with Crippen LogP contribution < -0.4 is 5.32 Å². The standard InChI is InChI=1S/C27H21Cl5N4O/c28-20-4-3-16(10-21(20)29)2-1-8-35-9-6-24-19(15-35)18-12-22(30)23(31)13-25(18)36(24)27(37)34-14-17-5-7-33-26(32)11-17/h1-5,7,10-13H,6,8-9,14-15H2,(H,34,37)/b2-1+. The Morgan fingerprint density at radius 1 is 0.973 bits per heavy atom. The third-order valence-corrected chi connectivity index (χ3v) is 7.99. The predicted octanol–water partition coefficient (Wildman–Crippen LogP) is 8.13. The topological polar surface area (TPSA) is 50.2 Å². The van der Waals surface area contributed by atoms with Crippen LogP contribution in [-0.4, -0.2) is 33.6 Å². The van der Waals surface area contributed by atoms with E-state index in [2.05, 4.69) is 21.3 Å². The van der Waals surface area contributed by atoms with E-state index in [-0.39, 0.29) is 6.03 Å². The minimum absolute atomic E-state index is 0.231. The molecule has 0 aliphatic carbocycles. The number of hydrogen-bond donors (Lipinski definition) is 1. The highest BCUT2D eigenvalue weighted by Crippen LogP contribution is 2.36. The quantitative estimate of drug-likeness (QED) is 0.237. The molecule has 0 bridgehead atoms. The zero-order chi connectivity index (χ0) is 26.1. The third-order valence-electron chi connectivity index (χ3n) is 6.32. The van der Waals surface area contributed by atoms with Gasteiger partial charge >= 0.3 is 6.03 Å². The Balaban J connectivity index is 1.39. The summed E-state index contributed by atoms with van der Waals surface area (Å²) in [7, 11) is 0. The molecule has 0 saturated carbocycles. The van der Waals surface area contributed by atoms with Crippen molar-refractivity contribution in [3.63, 3.8) is 0 Å². The Hall–Kier alpha value is -2.25. The Bertz CT molecular complexity index is 1530. The van der Waals surface area contributed by atoms with E-state index in [0.717, 1.165) is 46.4 Å². The van der Waals surface area contributed by atoms with Crippen molar-refractivity contribution < 1.29 is 4.79 Å². The van der Waals surface area contributed by atoms with Crippen LogP contribution >= 0.6 is 58.0 Å². The van der Waals surface area contributed by atoms with Gasteiger partial charge in [0, 0.05) is 49.9 Å². The van der Waals surface area contributed by atoms with Crippen molar-refractivity contribution in [3.8, 4) is 0 Å². The van der Waals surface area contributed by atoms with Crippen LogP contribution in [-0.2, 0) is 19.5 Å². The fourth-order valence-electron chi connectivity index (χ4n) is 4.56. The summed E-state index contributed by atoms with van der Waals surface area (Å²) in [5, 5.41) is 6.22. The number of hydrogen-bond acceptors (Lipinski definition) is 3. The molecule has 0 saturated heterocycles. The summed E-state index contributed by atoms with van der Waals surface area (Å²) in [6, 6.07) is 12.5. The fraction of sp³-hybridized carbons (Fsp3) is 0.185. The number of halogens is 5. The Kier molecular flexibility index (Phi) is 8.01. The normalized spacial score (nSPS) is 13.9. The molecule has 4 aromatic rings. The van der Waals surface area contributed by atoms with Crippen LogP contribution in [0, 0.1) is 0 Å². The van der Waals surface area contributed by atoms with Gasteiger partial charge in [-0.05, 0) is 53.1 Å². The third kappa shape index (κ3) is 5.78. The van der Waals surface area contributed by atoms with Gasteiger partial charge in [-0.25, -0.2) is 9.78 Å². The Morgan fingerprint density at radius 3 is 2.54 bits per heavy atom. The molecule has 2 aromatic heterocycles. The van der Waals surface area contributed by atoms with E-state index < -0.39 is 0 Å². The minimum atomic E-state index is -0.231. The second-order valence-electron chi connectivity index (χ2n) is 8.75. The molecule has 1 amide bonds. The molecule has 10 heteroatoms. The zero-order valence-electron chi connectivity index (χ0n) is 19.4. The van der Waals surface area contributed by atoms with Crippen molar-refractivity contribution in [2.24, 2.45) is 0 Å². The molecule has 5 rings (SSSR count). The number of carbonyl (C=O) groups is 1. The molecule has 5 nitrogen and oxygen atoms in total. The molecule has 0 atom stereocenters. The number of rotatable bonds is 5. The molecule has 1 N–H and O–H groups in total. The van der Waals surface area contributed by atoms with Crippen molar-refractivity contribution in [2.45, 2.75) is 19.5 Å². The van der Waals surface area contributed by atoms with Crippen LogP contribution in [0.25, 0.3) is 17.0 Å². The van der Waals surface area contributed by atoms with Crippen LogP contribution in [0.3, 0.4) is 0 Å². The molecule has 1 aliphatic heterocycles. The first-order valence-electron chi connectivity index (χ1n) is 11.5. The first kappa shape index (κ1) is 26.4. The van der Waals surface area contributed by atoms with Crippen molar-refractivity contribution in [2.75, 3.05) is 13.1 Å². The van der Waals surface area contributed by atoms with Crippen LogP contribution in [0.5, 0.6) is 0 Å². The summed E-state index contributed by atoms with van der Waals surface area (Å²) in [6.45, 7) is 2.53. The fourth-order valence-corrected chi connectivity index (χ4v) is 5.38. The van der Waals surface area contributed by atoms with E-state index in [1.54, 1.807) is 29.0 Å². The van der Waals surface area contributed by atoms with Gasteiger partial charge in [0.1, 0.15) is 5.15 Å². The van der Waals surface area contributed by atoms with E-state index in [0.29, 0.717) is 44.8 Å². The highest BCUT2D eigenvalue weighted by molar-refractivity contribution is 6.43. The lowest BCUT2D eigenvalue weighted by molar-refractivity contribution is 0.240. The number of nitrogens with one attached hydrogen (secondary N) is 1. The van der Waals surface area contributed by atoms with Gasteiger partial charge in [-0.1, -0.05) is 76.2 Å². The molecule has 0 radical (unpaired) electrons. The second kappa shape index (κ2) is 11.2. The number of aromatic nitrogens is 2. The lowest BCUT2D eigenvalue weighted by atomic mass is 10.0. The summed E-state index contributed by atoms with van der Waals surface area (Å²) in [5.41, 5.74) is 4.61. The van der Waals surface area contributed by atoms with E-state index in [9.17, 15) is 4.79 Å². The summed E-state index contributed by atoms with van der Waals surface area (Å²) < 4.78 is 1.72. The Labute approximate surface area is 239 Å². The lowest BCUT2D eigenvalue weighted by Gasteiger charge is -2.27. The van der Waals surface area contributed by atoms with E-state index in [4.69, 9.17) is 58.0 Å². The molecule has 0 unspecified atom stereocenters. The number of benzene rings is 2. The summed E-state index contributed by atoms with van der Waals surface area (Å²) in [5.74, 6) is 0. The van der Waals surface area contributed by atoms with E-state index in [1.165, 1.54) is 0 Å². The first-order chi connectivity index (χ1) is 17.8. The number of pyridine rings is 1. The molecule has 2 aromatic carbocycles. The van der Waals surface area contributed by atoms with Gasteiger partial charge in [0.15, 0.2) is 0 Å². The minimum Gasteiger partial charge on any atom is -0.333 e. The van der Waals surface area contributed by atoms with Gasteiger partial charge < -0.3 is 5.32 Å². The van der Waals surface area contributed by atoms with Crippen molar-refractivity contribution in [1.29, 1.82) is 0 Å². The van der Waals surface area contributed by atoms with Crippen molar-refractivity contribution in [1.82, 2.24) is 19.8 Å². The number of nitrogens with zero attached hydrogens (tertiary/aromatic N) is 3. The van der Waals surface area contributed by atoms with Crippen molar-refractivity contribution in [3.05, 3.63) is 102 Å². The highest BCUT2D eigenvalue weighted by Gasteiger charge is 2.27. The SMILES string of the molecule is O=C(NCc1ccnc(Cl)c1)n1c2c(c3cc(Cl)c(Cl)cc31)CN(C/C=C/c1ccc(Cl)c(Cl)c1)CC2.